The quantitative estimate of drug-likeness (QED) is 0.356. The Morgan fingerprint density at radius 2 is 1.81 bits per heavy atom. The lowest BCUT2D eigenvalue weighted by molar-refractivity contribution is -0.149. The first kappa shape index (κ1) is 22.4. The minimum absolute atomic E-state index is 0.00860. The smallest absolute Gasteiger partial charge is 0.404 e. The number of hydrogen-bond acceptors (Lipinski definition) is 7. The van der Waals surface area contributed by atoms with E-state index in [0.717, 1.165) is 0 Å². The van der Waals surface area contributed by atoms with Gasteiger partial charge in [0.05, 0.1) is 6.10 Å². The molecule has 0 fully saturated rings. The first-order valence-corrected chi connectivity index (χ1v) is 10.0. The van der Waals surface area contributed by atoms with Gasteiger partial charge in [0.2, 0.25) is 0 Å². The molecule has 0 heterocycles. The summed E-state index contributed by atoms with van der Waals surface area (Å²) in [5.74, 6) is -0.249. The van der Waals surface area contributed by atoms with Gasteiger partial charge in [0.15, 0.2) is 0 Å². The molecular weight excluding hydrogens is 385 g/mol. The van der Waals surface area contributed by atoms with Crippen molar-refractivity contribution in [1.82, 2.24) is 5.09 Å². The van der Waals surface area contributed by atoms with Crippen molar-refractivity contribution in [1.29, 1.82) is 0 Å². The summed E-state index contributed by atoms with van der Waals surface area (Å²) in [5.41, 5.74) is -0.226. The zero-order chi connectivity index (χ0) is 19.7. The van der Waals surface area contributed by atoms with Gasteiger partial charge >= 0.3 is 18.9 Å². The van der Waals surface area contributed by atoms with Crippen LogP contribution in [-0.2, 0) is 30.2 Å². The molecule has 0 saturated carbocycles. The summed E-state index contributed by atoms with van der Waals surface area (Å²) in [4.78, 5) is 22.5. The van der Waals surface area contributed by atoms with Crippen LogP contribution in [0.3, 0.4) is 0 Å². The van der Waals surface area contributed by atoms with Gasteiger partial charge < -0.3 is 18.7 Å². The number of ether oxygens (including phenoxy) is 3. The number of halogens is 1. The van der Waals surface area contributed by atoms with Crippen LogP contribution in [0.2, 0.25) is 0 Å². The van der Waals surface area contributed by atoms with Gasteiger partial charge in [-0.1, -0.05) is 12.1 Å². The zero-order valence-electron chi connectivity index (χ0n) is 15.1. The Labute approximate surface area is 157 Å². The lowest BCUT2D eigenvalue weighted by Gasteiger charge is -2.23. The maximum absolute atomic E-state index is 12.9. The normalized spacial score (nSPS) is 14.4. The zero-order valence-corrected chi connectivity index (χ0v) is 16.7. The molecule has 146 valence electrons. The average molecular weight is 408 g/mol. The van der Waals surface area contributed by atoms with Crippen molar-refractivity contribution in [2.75, 3.05) is 13.5 Å². The van der Waals surface area contributed by atoms with Crippen LogP contribution in [0.25, 0.3) is 0 Å². The average Bonchev–Trinajstić information content (AvgIpc) is 2.53. The number of carbonyl (C=O) groups excluding carboxylic acids is 2. The second kappa shape index (κ2) is 10.5. The number of benzene rings is 1. The largest absolute Gasteiger partial charge is 0.462 e. The van der Waals surface area contributed by atoms with Crippen LogP contribution in [0.5, 0.6) is 5.75 Å². The lowest BCUT2D eigenvalue weighted by atomic mass is 10.2. The number of rotatable bonds is 10. The van der Waals surface area contributed by atoms with Crippen LogP contribution in [0.15, 0.2) is 24.3 Å². The van der Waals surface area contributed by atoms with E-state index in [1.165, 1.54) is 14.0 Å². The van der Waals surface area contributed by atoms with E-state index in [1.54, 1.807) is 38.1 Å². The number of carbonyl (C=O) groups is 2. The molecular formula is C16H23ClNO7P. The van der Waals surface area contributed by atoms with Gasteiger partial charge in [0.1, 0.15) is 24.7 Å². The minimum atomic E-state index is -3.52. The predicted octanol–water partition coefficient (Wildman–Crippen LogP) is 3.67. The summed E-state index contributed by atoms with van der Waals surface area (Å²) in [6.45, 7) is 4.98. The van der Waals surface area contributed by atoms with Crippen LogP contribution in [0, 0.1) is 0 Å². The molecule has 0 aliphatic carbocycles. The molecule has 0 aliphatic rings. The topological polar surface area (TPSA) is 100 Å². The van der Waals surface area contributed by atoms with Gasteiger partial charge in [-0.05, 0) is 38.5 Å². The van der Waals surface area contributed by atoms with Crippen molar-refractivity contribution in [3.8, 4) is 5.75 Å². The van der Waals surface area contributed by atoms with Crippen molar-refractivity contribution in [3.05, 3.63) is 29.8 Å². The second-order valence-electron chi connectivity index (χ2n) is 5.69. The fraction of sp³-hybridized carbons (Fsp3) is 0.500. The number of esters is 1. The third kappa shape index (κ3) is 8.19. The van der Waals surface area contributed by atoms with Crippen LogP contribution < -0.4 is 9.61 Å². The van der Waals surface area contributed by atoms with E-state index in [1.807, 2.05) is 0 Å². The molecule has 2 atom stereocenters. The third-order valence-electron chi connectivity index (χ3n) is 2.92. The Balaban J connectivity index is 2.77. The molecule has 1 N–H and O–H groups in total. The van der Waals surface area contributed by atoms with Crippen LogP contribution in [0.4, 0.5) is 4.79 Å². The van der Waals surface area contributed by atoms with Gasteiger partial charge in [-0.2, -0.15) is 0 Å². The van der Waals surface area contributed by atoms with Gasteiger partial charge in [-0.25, -0.2) is 9.88 Å². The van der Waals surface area contributed by atoms with E-state index in [4.69, 9.17) is 25.6 Å². The van der Waals surface area contributed by atoms with Gasteiger partial charge in [0.25, 0.3) is 0 Å². The fourth-order valence-corrected chi connectivity index (χ4v) is 3.63. The first-order valence-electron chi connectivity index (χ1n) is 7.82. The lowest BCUT2D eigenvalue weighted by Crippen LogP contribution is -2.36. The Morgan fingerprint density at radius 3 is 2.31 bits per heavy atom. The molecule has 1 aromatic carbocycles. The molecule has 0 spiro atoms. The molecule has 26 heavy (non-hydrogen) atoms. The molecule has 8 nitrogen and oxygen atoms in total. The van der Waals surface area contributed by atoms with E-state index in [9.17, 15) is 14.2 Å². The summed E-state index contributed by atoms with van der Waals surface area (Å²) >= 11 is 5.10. The molecule has 1 aromatic rings. The Morgan fingerprint density at radius 1 is 1.19 bits per heavy atom. The van der Waals surface area contributed by atoms with Crippen molar-refractivity contribution in [2.45, 2.75) is 39.5 Å². The summed E-state index contributed by atoms with van der Waals surface area (Å²) < 4.78 is 33.2. The number of nitrogens with one attached hydrogen (secondary N) is 1. The van der Waals surface area contributed by atoms with Crippen molar-refractivity contribution in [3.63, 3.8) is 0 Å². The molecule has 0 radical (unpaired) electrons. The molecule has 1 rings (SSSR count). The molecule has 1 unspecified atom stereocenters. The van der Waals surface area contributed by atoms with E-state index in [-0.39, 0.29) is 19.1 Å². The van der Waals surface area contributed by atoms with E-state index in [0.29, 0.717) is 11.3 Å². The second-order valence-corrected chi connectivity index (χ2v) is 8.04. The van der Waals surface area contributed by atoms with Crippen molar-refractivity contribution in [2.24, 2.45) is 0 Å². The highest BCUT2D eigenvalue weighted by Crippen LogP contribution is 2.43. The fourth-order valence-electron chi connectivity index (χ4n) is 1.90. The third-order valence-corrected chi connectivity index (χ3v) is 4.92. The summed E-state index contributed by atoms with van der Waals surface area (Å²) in [6, 6.07) is 5.52. The summed E-state index contributed by atoms with van der Waals surface area (Å²) in [6.07, 6.45) is -0.526. The van der Waals surface area contributed by atoms with Crippen LogP contribution in [-0.4, -0.2) is 37.0 Å². The maximum atomic E-state index is 12.9. The number of methoxy groups -OCH3 is 1. The molecule has 0 bridgehead atoms. The Kier molecular flexibility index (Phi) is 9.08. The van der Waals surface area contributed by atoms with Crippen LogP contribution >= 0.6 is 19.1 Å². The molecule has 0 amide bonds. The number of hydrogen-bond donors (Lipinski definition) is 1. The Hall–Kier alpha value is -1.60. The van der Waals surface area contributed by atoms with Crippen LogP contribution in [0.1, 0.15) is 26.3 Å². The first-order chi connectivity index (χ1) is 12.1. The van der Waals surface area contributed by atoms with E-state index in [2.05, 4.69) is 9.82 Å². The highest BCUT2D eigenvalue weighted by atomic mass is 35.5. The SMILES string of the molecule is COCP(=O)(N[C@@H](C)C(=O)OC(C)C)Oc1ccc(COC(=O)Cl)cc1. The molecule has 0 saturated heterocycles. The van der Waals surface area contributed by atoms with Gasteiger partial charge in [-0.3, -0.25) is 9.36 Å². The van der Waals surface area contributed by atoms with Gasteiger partial charge in [-0.15, -0.1) is 0 Å². The highest BCUT2D eigenvalue weighted by Gasteiger charge is 2.30. The standard InChI is InChI=1S/C16H23ClNO7P/c1-11(2)24-15(19)12(3)18-26(21,10-22-4)25-14-7-5-13(6-8-14)9-23-16(17)20/h5-8,11-12H,9-10H2,1-4H3,(H,18,21)/t12-,26?/m0/s1. The van der Waals surface area contributed by atoms with Gasteiger partial charge in [0, 0.05) is 18.7 Å². The van der Waals surface area contributed by atoms with Crippen molar-refractivity contribution < 1.29 is 32.9 Å². The van der Waals surface area contributed by atoms with Crippen molar-refractivity contribution >= 4 is 30.5 Å². The Bertz CT molecular complexity index is 651. The predicted molar refractivity (Wildman–Crippen MR) is 96.4 cm³/mol. The minimum Gasteiger partial charge on any atom is -0.462 e. The van der Waals surface area contributed by atoms with E-state index < -0.39 is 25.0 Å². The molecule has 0 aliphatic heterocycles. The van der Waals surface area contributed by atoms with E-state index >= 15 is 0 Å². The molecule has 0 aromatic heterocycles. The molecule has 10 heteroatoms. The summed E-state index contributed by atoms with van der Waals surface area (Å²) in [5, 5.41) is 2.65. The maximum Gasteiger partial charge on any atom is 0.404 e. The monoisotopic (exact) mass is 407 g/mol. The highest BCUT2D eigenvalue weighted by molar-refractivity contribution is 7.57. The summed E-state index contributed by atoms with van der Waals surface area (Å²) in [7, 11) is -2.15.